The number of ether oxygens (including phenoxy) is 2. The summed E-state index contributed by atoms with van der Waals surface area (Å²) in [5, 5.41) is 7.44. The Morgan fingerprint density at radius 3 is 2.51 bits per heavy atom. The van der Waals surface area contributed by atoms with Crippen molar-refractivity contribution in [1.82, 2.24) is 20.0 Å². The summed E-state index contributed by atoms with van der Waals surface area (Å²) in [5.41, 5.74) is 0.891. The van der Waals surface area contributed by atoms with Gasteiger partial charge in [-0.1, -0.05) is 18.2 Å². The number of benzene rings is 2. The first-order chi connectivity index (χ1) is 19.5. The summed E-state index contributed by atoms with van der Waals surface area (Å²) in [5.74, 6) is -1.43. The van der Waals surface area contributed by atoms with Crippen molar-refractivity contribution in [2.45, 2.75) is 58.2 Å². The molecular weight excluding hydrogens is 532 g/mol. The van der Waals surface area contributed by atoms with Crippen LogP contribution in [0.15, 0.2) is 42.6 Å². The Labute approximate surface area is 237 Å². The molecule has 2 aromatic carbocycles. The van der Waals surface area contributed by atoms with Gasteiger partial charge in [0, 0.05) is 36.5 Å². The van der Waals surface area contributed by atoms with Gasteiger partial charge in [-0.2, -0.15) is 5.10 Å². The van der Waals surface area contributed by atoms with Crippen LogP contribution in [0.25, 0.3) is 27.2 Å². The average molecular weight is 566 g/mol. The van der Waals surface area contributed by atoms with Crippen molar-refractivity contribution in [3.8, 4) is 28.1 Å². The summed E-state index contributed by atoms with van der Waals surface area (Å²) in [6, 6.07) is 8.29. The Bertz CT molecular complexity index is 1470. The molecule has 0 radical (unpaired) electrons. The van der Waals surface area contributed by atoms with Crippen molar-refractivity contribution in [3.05, 3.63) is 65.6 Å². The lowest BCUT2D eigenvalue weighted by Crippen LogP contribution is -2.46. The molecule has 0 spiro atoms. The van der Waals surface area contributed by atoms with Crippen LogP contribution in [0.1, 0.15) is 40.0 Å². The maximum Gasteiger partial charge on any atom is 0.407 e. The highest BCUT2D eigenvalue weighted by atomic mass is 19.1. The minimum Gasteiger partial charge on any atom is -0.494 e. The maximum absolute atomic E-state index is 14.6. The van der Waals surface area contributed by atoms with Crippen LogP contribution < -0.4 is 10.1 Å². The normalized spacial score (nSPS) is 15.5. The van der Waals surface area contributed by atoms with E-state index in [0.717, 1.165) is 12.8 Å². The van der Waals surface area contributed by atoms with Gasteiger partial charge >= 0.3 is 6.09 Å². The fourth-order valence-corrected chi connectivity index (χ4v) is 4.70. The molecule has 9 nitrogen and oxygen atoms in total. The lowest BCUT2D eigenvalue weighted by molar-refractivity contribution is -0.132. The number of carbonyl (C=O) groups is 2. The molecule has 2 amide bonds. The fourth-order valence-electron chi connectivity index (χ4n) is 4.70. The second kappa shape index (κ2) is 12.4. The molecule has 1 aliphatic rings. The van der Waals surface area contributed by atoms with E-state index in [4.69, 9.17) is 16.0 Å². The highest BCUT2D eigenvalue weighted by Crippen LogP contribution is 2.35. The molecule has 1 fully saturated rings. The smallest absolute Gasteiger partial charge is 0.407 e. The van der Waals surface area contributed by atoms with E-state index in [1.165, 1.54) is 36.1 Å². The van der Waals surface area contributed by atoms with E-state index in [9.17, 15) is 18.4 Å². The van der Waals surface area contributed by atoms with Gasteiger partial charge in [0.2, 0.25) is 11.6 Å². The van der Waals surface area contributed by atoms with Crippen molar-refractivity contribution in [2.24, 2.45) is 0 Å². The van der Waals surface area contributed by atoms with E-state index in [1.807, 2.05) is 0 Å². The number of amides is 2. The molecule has 11 heteroatoms. The quantitative estimate of drug-likeness (QED) is 0.373. The summed E-state index contributed by atoms with van der Waals surface area (Å²) in [7, 11) is 1.37. The summed E-state index contributed by atoms with van der Waals surface area (Å²) < 4.78 is 41.0. The van der Waals surface area contributed by atoms with Gasteiger partial charge in [0.1, 0.15) is 23.7 Å². The topological polar surface area (TPSA) is 90.1 Å². The zero-order chi connectivity index (χ0) is 29.7. The number of aromatic nitrogens is 2. The molecule has 41 heavy (non-hydrogen) atoms. The molecule has 4 rings (SSSR count). The van der Waals surface area contributed by atoms with Crippen LogP contribution in [-0.4, -0.2) is 58.5 Å². The lowest BCUT2D eigenvalue weighted by Gasteiger charge is -2.26. The number of alkyl carbamates (subject to hydrolysis) is 1. The van der Waals surface area contributed by atoms with Crippen molar-refractivity contribution >= 4 is 17.7 Å². The van der Waals surface area contributed by atoms with Crippen molar-refractivity contribution in [3.63, 3.8) is 0 Å². The number of methoxy groups -OCH3 is 1. The first-order valence-electron chi connectivity index (χ1n) is 13.3. The largest absolute Gasteiger partial charge is 0.494 e. The standard InChI is InChI=1S/C30H33F2N5O4/c1-30(2,3)41-29(39)34-21-8-6-7-13-36(16-21)27(38)18-37-17-22(19-10-12-26(40-5)24(32)14-19)28(35-37)20-9-11-25(33-4)23(31)15-20/h9-12,14-15,17,21H,6-8,13,16,18H2,1-3,5H3,(H,34,39)/t21-/m1/s1. The zero-order valence-corrected chi connectivity index (χ0v) is 23.5. The number of likely N-dealkylation sites (tertiary alicyclic amines) is 1. The molecule has 1 N–H and O–H groups in total. The Kier molecular flexibility index (Phi) is 8.91. The van der Waals surface area contributed by atoms with Crippen molar-refractivity contribution < 1.29 is 27.8 Å². The molecule has 1 atom stereocenters. The Balaban J connectivity index is 1.60. The monoisotopic (exact) mass is 565 g/mol. The molecule has 2 heterocycles. The fraction of sp³-hybridized carbons (Fsp3) is 0.400. The summed E-state index contributed by atoms with van der Waals surface area (Å²) >= 11 is 0. The van der Waals surface area contributed by atoms with Gasteiger partial charge in [-0.15, -0.1) is 0 Å². The van der Waals surface area contributed by atoms with Crippen LogP contribution in [0.4, 0.5) is 19.3 Å². The molecule has 1 saturated heterocycles. The summed E-state index contributed by atoms with van der Waals surface area (Å²) in [6.07, 6.45) is 3.43. The third-order valence-electron chi connectivity index (χ3n) is 6.61. The minimum absolute atomic E-state index is 0.0704. The van der Waals surface area contributed by atoms with Gasteiger partial charge in [-0.05, 0) is 63.8 Å². The molecule has 0 aliphatic carbocycles. The number of nitrogens with one attached hydrogen (secondary N) is 1. The molecule has 1 aliphatic heterocycles. The maximum atomic E-state index is 14.6. The average Bonchev–Trinajstić information content (AvgIpc) is 3.18. The zero-order valence-electron chi connectivity index (χ0n) is 23.5. The first-order valence-corrected chi connectivity index (χ1v) is 13.3. The summed E-state index contributed by atoms with van der Waals surface area (Å²) in [6.45, 7) is 13.2. The van der Waals surface area contributed by atoms with E-state index in [1.54, 1.807) is 44.0 Å². The number of halogens is 2. The number of hydrogen-bond acceptors (Lipinski definition) is 5. The summed E-state index contributed by atoms with van der Waals surface area (Å²) in [4.78, 5) is 30.6. The van der Waals surface area contributed by atoms with Crippen molar-refractivity contribution in [1.29, 1.82) is 0 Å². The van der Waals surface area contributed by atoms with Crippen molar-refractivity contribution in [2.75, 3.05) is 20.2 Å². The number of nitrogens with zero attached hydrogens (tertiary/aromatic N) is 4. The van der Waals surface area contributed by atoms with Gasteiger partial charge in [0.25, 0.3) is 0 Å². The van der Waals surface area contributed by atoms with Gasteiger partial charge < -0.3 is 19.7 Å². The SMILES string of the molecule is [C-]#[N+]c1ccc(-c2nn(CC(=O)N3CCCC[C@@H](NC(=O)OC(C)(C)C)C3)cc2-c2ccc(OC)c(F)c2)cc1F. The lowest BCUT2D eigenvalue weighted by atomic mass is 10.0. The van der Waals surface area contributed by atoms with Gasteiger partial charge in [-0.3, -0.25) is 9.48 Å². The first kappa shape index (κ1) is 29.5. The highest BCUT2D eigenvalue weighted by molar-refractivity contribution is 5.82. The third-order valence-corrected chi connectivity index (χ3v) is 6.61. The van der Waals surface area contributed by atoms with Crippen LogP contribution in [0.3, 0.4) is 0 Å². The molecule has 216 valence electrons. The van der Waals surface area contributed by atoms with E-state index in [2.05, 4.69) is 15.3 Å². The van der Waals surface area contributed by atoms with Gasteiger partial charge in [-0.25, -0.2) is 18.4 Å². The molecule has 0 bridgehead atoms. The molecule has 3 aromatic rings. The van der Waals surface area contributed by atoms with E-state index in [-0.39, 0.29) is 29.9 Å². The number of carbonyl (C=O) groups excluding carboxylic acids is 2. The predicted molar refractivity (Wildman–Crippen MR) is 149 cm³/mol. The molecular formula is C30H33F2N5O4. The van der Waals surface area contributed by atoms with E-state index >= 15 is 0 Å². The van der Waals surface area contributed by atoms with Crippen LogP contribution in [0.5, 0.6) is 5.75 Å². The van der Waals surface area contributed by atoms with Crippen LogP contribution in [0.2, 0.25) is 0 Å². The van der Waals surface area contributed by atoms with Crippen LogP contribution in [-0.2, 0) is 16.1 Å². The number of rotatable bonds is 6. The Hall–Kier alpha value is -4.46. The second-order valence-electron chi connectivity index (χ2n) is 10.9. The molecule has 1 aromatic heterocycles. The van der Waals surface area contributed by atoms with Crippen LogP contribution >= 0.6 is 0 Å². The molecule has 0 unspecified atom stereocenters. The Morgan fingerprint density at radius 2 is 1.85 bits per heavy atom. The Morgan fingerprint density at radius 1 is 1.12 bits per heavy atom. The third kappa shape index (κ3) is 7.39. The van der Waals surface area contributed by atoms with E-state index < -0.39 is 23.3 Å². The van der Waals surface area contributed by atoms with Gasteiger partial charge in [0.05, 0.1) is 13.7 Å². The molecule has 0 saturated carbocycles. The van der Waals surface area contributed by atoms with Gasteiger partial charge in [0.15, 0.2) is 11.6 Å². The minimum atomic E-state index is -0.705. The van der Waals surface area contributed by atoms with Crippen LogP contribution in [0, 0.1) is 18.2 Å². The van der Waals surface area contributed by atoms with E-state index in [0.29, 0.717) is 41.9 Å². The highest BCUT2D eigenvalue weighted by Gasteiger charge is 2.26. The number of hydrogen-bond donors (Lipinski definition) is 1. The second-order valence-corrected chi connectivity index (χ2v) is 10.9. The predicted octanol–water partition coefficient (Wildman–Crippen LogP) is 5.96.